The van der Waals surface area contributed by atoms with E-state index in [2.05, 4.69) is 25.7 Å². The van der Waals surface area contributed by atoms with Crippen molar-refractivity contribution in [3.8, 4) is 0 Å². The van der Waals surface area contributed by atoms with E-state index in [1.165, 1.54) is 0 Å². The lowest BCUT2D eigenvalue weighted by molar-refractivity contribution is -0.143. The van der Waals surface area contributed by atoms with Gasteiger partial charge in [-0.2, -0.15) is 0 Å². The Morgan fingerprint density at radius 1 is 1.44 bits per heavy atom. The fourth-order valence-corrected chi connectivity index (χ4v) is 2.94. The highest BCUT2D eigenvalue weighted by Gasteiger charge is 2.40. The van der Waals surface area contributed by atoms with Crippen molar-refractivity contribution in [2.45, 2.75) is 46.5 Å². The van der Waals surface area contributed by atoms with Gasteiger partial charge >= 0.3 is 0 Å². The van der Waals surface area contributed by atoms with Gasteiger partial charge in [0.1, 0.15) is 0 Å². The number of hydrogen-bond acceptors (Lipinski definition) is 2. The number of likely N-dealkylation sites (N-methyl/N-ethyl adjacent to an activating group) is 1. The molecule has 1 aliphatic heterocycles. The van der Waals surface area contributed by atoms with E-state index in [0.29, 0.717) is 12.5 Å². The molecule has 1 amide bonds. The fraction of sp³-hybridized carbons (Fsp3) is 0.800. The van der Waals surface area contributed by atoms with Gasteiger partial charge in [0.15, 0.2) is 0 Å². The Labute approximate surface area is 112 Å². The molecule has 0 aromatic heterocycles. The van der Waals surface area contributed by atoms with Crippen LogP contribution in [-0.4, -0.2) is 37.0 Å². The van der Waals surface area contributed by atoms with E-state index in [1.54, 1.807) is 0 Å². The van der Waals surface area contributed by atoms with Crippen molar-refractivity contribution in [3.63, 3.8) is 0 Å². The molecular weight excluding hydrogens is 224 g/mol. The second kappa shape index (κ2) is 6.93. The third-order valence-corrected chi connectivity index (χ3v) is 3.78. The van der Waals surface area contributed by atoms with Crippen molar-refractivity contribution in [1.29, 1.82) is 0 Å². The van der Waals surface area contributed by atoms with Gasteiger partial charge in [0.05, 0.1) is 5.41 Å². The zero-order valence-electron chi connectivity index (χ0n) is 12.2. The van der Waals surface area contributed by atoms with E-state index in [0.717, 1.165) is 50.9 Å². The third-order valence-electron chi connectivity index (χ3n) is 3.78. The summed E-state index contributed by atoms with van der Waals surface area (Å²) in [5.74, 6) is 0.321. The maximum absolute atomic E-state index is 12.8. The monoisotopic (exact) mass is 252 g/mol. The summed E-state index contributed by atoms with van der Waals surface area (Å²) in [4.78, 5) is 14.8. The molecule has 1 heterocycles. The summed E-state index contributed by atoms with van der Waals surface area (Å²) >= 11 is 0. The smallest absolute Gasteiger partial charge is 0.230 e. The molecule has 1 rings (SSSR count). The summed E-state index contributed by atoms with van der Waals surface area (Å²) in [5.41, 5.74) is 0.888. The molecule has 0 radical (unpaired) electrons. The zero-order chi connectivity index (χ0) is 13.6. The number of carbonyl (C=O) groups is 1. The largest absolute Gasteiger partial charge is 0.338 e. The van der Waals surface area contributed by atoms with Gasteiger partial charge in [-0.15, -0.1) is 0 Å². The van der Waals surface area contributed by atoms with Gasteiger partial charge < -0.3 is 10.2 Å². The third kappa shape index (κ3) is 3.58. The maximum Gasteiger partial charge on any atom is 0.230 e. The molecule has 18 heavy (non-hydrogen) atoms. The number of nitrogens with one attached hydrogen (secondary N) is 1. The predicted octanol–water partition coefficient (Wildman–Crippen LogP) is 2.58. The Morgan fingerprint density at radius 3 is 2.61 bits per heavy atom. The SMILES string of the molecule is C=C(C)CN(CC)C(=O)C1(CCC)CCCNC1. The Morgan fingerprint density at radius 2 is 2.17 bits per heavy atom. The molecule has 1 unspecified atom stereocenters. The van der Waals surface area contributed by atoms with Crippen molar-refractivity contribution in [1.82, 2.24) is 10.2 Å². The van der Waals surface area contributed by atoms with E-state index < -0.39 is 0 Å². The molecule has 0 saturated carbocycles. The molecule has 1 atom stereocenters. The standard InChI is InChI=1S/C15H28N2O/c1-5-8-15(9-7-10-16-12-15)14(18)17(6-2)11-13(3)4/h16H,3,5-12H2,1-2,4H3. The summed E-state index contributed by atoms with van der Waals surface area (Å²) < 4.78 is 0. The first-order chi connectivity index (χ1) is 8.55. The molecule has 1 saturated heterocycles. The minimum Gasteiger partial charge on any atom is -0.338 e. The van der Waals surface area contributed by atoms with Gasteiger partial charge in [0.2, 0.25) is 5.91 Å². The van der Waals surface area contributed by atoms with Crippen molar-refractivity contribution < 1.29 is 4.79 Å². The Hall–Kier alpha value is -0.830. The molecule has 1 aliphatic rings. The average molecular weight is 252 g/mol. The Balaban J connectivity index is 2.82. The van der Waals surface area contributed by atoms with Crippen molar-refractivity contribution in [2.24, 2.45) is 5.41 Å². The summed E-state index contributed by atoms with van der Waals surface area (Å²) in [7, 11) is 0. The molecule has 0 aromatic carbocycles. The fourth-order valence-electron chi connectivity index (χ4n) is 2.94. The first-order valence-corrected chi connectivity index (χ1v) is 7.20. The number of nitrogens with zero attached hydrogens (tertiary/aromatic N) is 1. The van der Waals surface area contributed by atoms with Crippen LogP contribution >= 0.6 is 0 Å². The van der Waals surface area contributed by atoms with Crippen LogP contribution < -0.4 is 5.32 Å². The molecule has 0 spiro atoms. The van der Waals surface area contributed by atoms with Crippen LogP contribution in [0.1, 0.15) is 46.5 Å². The average Bonchev–Trinajstić information content (AvgIpc) is 2.36. The van der Waals surface area contributed by atoms with Crippen molar-refractivity contribution in [2.75, 3.05) is 26.2 Å². The van der Waals surface area contributed by atoms with Crippen LogP contribution in [-0.2, 0) is 4.79 Å². The lowest BCUT2D eigenvalue weighted by atomic mass is 9.75. The molecule has 1 N–H and O–H groups in total. The van der Waals surface area contributed by atoms with E-state index in [4.69, 9.17) is 0 Å². The van der Waals surface area contributed by atoms with Gasteiger partial charge in [0, 0.05) is 19.6 Å². The second-order valence-corrected chi connectivity index (χ2v) is 5.59. The number of amides is 1. The summed E-state index contributed by atoms with van der Waals surface area (Å²) in [6, 6.07) is 0. The van der Waals surface area contributed by atoms with E-state index in [9.17, 15) is 4.79 Å². The molecular formula is C15H28N2O. The lowest BCUT2D eigenvalue weighted by Crippen LogP contribution is -2.52. The number of hydrogen-bond donors (Lipinski definition) is 1. The van der Waals surface area contributed by atoms with Crippen LogP contribution in [0.25, 0.3) is 0 Å². The van der Waals surface area contributed by atoms with Gasteiger partial charge in [0.25, 0.3) is 0 Å². The highest BCUT2D eigenvalue weighted by Crippen LogP contribution is 2.34. The minimum absolute atomic E-state index is 0.168. The Bertz CT molecular complexity index is 287. The van der Waals surface area contributed by atoms with Crippen molar-refractivity contribution >= 4 is 5.91 Å². The molecule has 0 bridgehead atoms. The van der Waals surface area contributed by atoms with Crippen LogP contribution in [0.5, 0.6) is 0 Å². The normalized spacial score (nSPS) is 23.7. The second-order valence-electron chi connectivity index (χ2n) is 5.59. The maximum atomic E-state index is 12.8. The quantitative estimate of drug-likeness (QED) is 0.737. The van der Waals surface area contributed by atoms with E-state index in [1.807, 2.05) is 11.8 Å². The molecule has 104 valence electrons. The van der Waals surface area contributed by atoms with Crippen molar-refractivity contribution in [3.05, 3.63) is 12.2 Å². The zero-order valence-corrected chi connectivity index (χ0v) is 12.2. The van der Waals surface area contributed by atoms with Crippen LogP contribution in [0, 0.1) is 5.41 Å². The molecule has 1 fully saturated rings. The van der Waals surface area contributed by atoms with E-state index in [-0.39, 0.29) is 5.41 Å². The first kappa shape index (κ1) is 15.2. The molecule has 3 heteroatoms. The topological polar surface area (TPSA) is 32.3 Å². The van der Waals surface area contributed by atoms with Crippen LogP contribution in [0.4, 0.5) is 0 Å². The van der Waals surface area contributed by atoms with Gasteiger partial charge in [-0.3, -0.25) is 4.79 Å². The summed E-state index contributed by atoms with van der Waals surface area (Å²) in [6.45, 7) is 13.5. The molecule has 0 aromatic rings. The lowest BCUT2D eigenvalue weighted by Gasteiger charge is -2.40. The summed E-state index contributed by atoms with van der Waals surface area (Å²) in [6.07, 6.45) is 4.19. The summed E-state index contributed by atoms with van der Waals surface area (Å²) in [5, 5.41) is 3.40. The minimum atomic E-state index is -0.168. The van der Waals surface area contributed by atoms with Gasteiger partial charge in [-0.05, 0) is 39.7 Å². The highest BCUT2D eigenvalue weighted by molar-refractivity contribution is 5.83. The molecule has 0 aliphatic carbocycles. The first-order valence-electron chi connectivity index (χ1n) is 7.20. The number of rotatable bonds is 6. The predicted molar refractivity (Wildman–Crippen MR) is 76.5 cm³/mol. The van der Waals surface area contributed by atoms with Crippen LogP contribution in [0.2, 0.25) is 0 Å². The van der Waals surface area contributed by atoms with E-state index >= 15 is 0 Å². The van der Waals surface area contributed by atoms with Gasteiger partial charge in [-0.25, -0.2) is 0 Å². The number of piperidine rings is 1. The Kier molecular flexibility index (Phi) is 5.86. The highest BCUT2D eigenvalue weighted by atomic mass is 16.2. The number of carbonyl (C=O) groups excluding carboxylic acids is 1. The molecule has 3 nitrogen and oxygen atoms in total. The van der Waals surface area contributed by atoms with Crippen LogP contribution in [0.15, 0.2) is 12.2 Å². The van der Waals surface area contributed by atoms with Crippen LogP contribution in [0.3, 0.4) is 0 Å². The van der Waals surface area contributed by atoms with Gasteiger partial charge in [-0.1, -0.05) is 25.5 Å².